The van der Waals surface area contributed by atoms with Crippen molar-refractivity contribution >= 4 is 5.91 Å². The van der Waals surface area contributed by atoms with Gasteiger partial charge in [-0.1, -0.05) is 0 Å². The lowest BCUT2D eigenvalue weighted by molar-refractivity contribution is -0.129. The summed E-state index contributed by atoms with van der Waals surface area (Å²) in [6, 6.07) is 0. The molecule has 0 aromatic rings. The lowest BCUT2D eigenvalue weighted by Gasteiger charge is -2.29. The van der Waals surface area contributed by atoms with E-state index < -0.39 is 5.72 Å². The summed E-state index contributed by atoms with van der Waals surface area (Å²) in [7, 11) is 0. The maximum atomic E-state index is 10.8. The van der Waals surface area contributed by atoms with Crippen LogP contribution in [-0.2, 0) is 9.53 Å². The molecule has 1 heterocycles. The highest BCUT2D eigenvalue weighted by molar-refractivity contribution is 5.73. The van der Waals surface area contributed by atoms with Crippen LogP contribution in [0.2, 0.25) is 0 Å². The van der Waals surface area contributed by atoms with Gasteiger partial charge in [0.1, 0.15) is 6.10 Å². The average molecular weight is 171 g/mol. The molecule has 0 spiro atoms. The van der Waals surface area contributed by atoms with Crippen molar-refractivity contribution in [2.75, 3.05) is 0 Å². The summed E-state index contributed by atoms with van der Waals surface area (Å²) >= 11 is 0. The third kappa shape index (κ3) is 1.21. The van der Waals surface area contributed by atoms with Gasteiger partial charge in [-0.3, -0.25) is 4.79 Å². The zero-order chi connectivity index (χ0) is 8.77. The standard InChI is InChI=1S/C8H13NO3/c1-5(10)9-8(11)4-2-3-6-7(8)12-6/h6-7,11H,2-4H2,1H3,(H,9,10)/t6?,7?,8-/m1/s1. The minimum Gasteiger partial charge on any atom is -0.368 e. The highest BCUT2D eigenvalue weighted by atomic mass is 16.6. The molecular weight excluding hydrogens is 158 g/mol. The van der Waals surface area contributed by atoms with E-state index in [4.69, 9.17) is 4.74 Å². The van der Waals surface area contributed by atoms with Gasteiger partial charge in [-0.15, -0.1) is 0 Å². The first-order valence-electron chi connectivity index (χ1n) is 4.28. The molecule has 2 aliphatic rings. The molecule has 4 heteroatoms. The van der Waals surface area contributed by atoms with Crippen LogP contribution >= 0.6 is 0 Å². The van der Waals surface area contributed by atoms with Gasteiger partial charge < -0.3 is 15.2 Å². The number of hydrogen-bond acceptors (Lipinski definition) is 3. The van der Waals surface area contributed by atoms with E-state index in [0.717, 1.165) is 12.8 Å². The fourth-order valence-corrected chi connectivity index (χ4v) is 1.94. The third-order valence-corrected chi connectivity index (χ3v) is 2.49. The summed E-state index contributed by atoms with van der Waals surface area (Å²) in [5.74, 6) is -0.200. The van der Waals surface area contributed by atoms with E-state index in [0.29, 0.717) is 6.42 Å². The summed E-state index contributed by atoms with van der Waals surface area (Å²) in [4.78, 5) is 10.8. The van der Waals surface area contributed by atoms with E-state index in [1.54, 1.807) is 0 Å². The number of nitrogens with one attached hydrogen (secondary N) is 1. The van der Waals surface area contributed by atoms with Gasteiger partial charge in [0.15, 0.2) is 5.72 Å². The van der Waals surface area contributed by atoms with Gasteiger partial charge in [0.25, 0.3) is 0 Å². The van der Waals surface area contributed by atoms with Crippen molar-refractivity contribution in [1.82, 2.24) is 5.32 Å². The van der Waals surface area contributed by atoms with Gasteiger partial charge in [-0.25, -0.2) is 0 Å². The van der Waals surface area contributed by atoms with Gasteiger partial charge >= 0.3 is 0 Å². The Bertz CT molecular complexity index is 218. The Kier molecular flexibility index (Phi) is 1.63. The van der Waals surface area contributed by atoms with Crippen molar-refractivity contribution in [2.45, 2.75) is 44.1 Å². The SMILES string of the molecule is CC(=O)N[C@@]1(O)CCCC2OC21. The van der Waals surface area contributed by atoms with Crippen LogP contribution < -0.4 is 5.32 Å². The first-order chi connectivity index (χ1) is 5.62. The van der Waals surface area contributed by atoms with Crippen LogP contribution in [0.25, 0.3) is 0 Å². The van der Waals surface area contributed by atoms with E-state index in [9.17, 15) is 9.90 Å². The van der Waals surface area contributed by atoms with Crippen molar-refractivity contribution in [3.63, 3.8) is 0 Å². The minimum atomic E-state index is -1.09. The van der Waals surface area contributed by atoms with Crippen molar-refractivity contribution in [3.05, 3.63) is 0 Å². The molecule has 1 aliphatic carbocycles. The molecule has 4 nitrogen and oxygen atoms in total. The number of carbonyl (C=O) groups is 1. The third-order valence-electron chi connectivity index (χ3n) is 2.49. The van der Waals surface area contributed by atoms with Gasteiger partial charge in [0.05, 0.1) is 6.10 Å². The molecule has 1 saturated carbocycles. The molecular formula is C8H13NO3. The highest BCUT2D eigenvalue weighted by Crippen LogP contribution is 2.41. The van der Waals surface area contributed by atoms with Crippen molar-refractivity contribution in [3.8, 4) is 0 Å². The molecule has 2 rings (SSSR count). The first-order valence-corrected chi connectivity index (χ1v) is 4.28. The fraction of sp³-hybridized carbons (Fsp3) is 0.875. The van der Waals surface area contributed by atoms with E-state index >= 15 is 0 Å². The fourth-order valence-electron chi connectivity index (χ4n) is 1.94. The molecule has 0 radical (unpaired) electrons. The second kappa shape index (κ2) is 2.44. The Labute approximate surface area is 70.9 Å². The van der Waals surface area contributed by atoms with Gasteiger partial charge in [0, 0.05) is 6.92 Å². The van der Waals surface area contributed by atoms with Crippen molar-refractivity contribution in [1.29, 1.82) is 0 Å². The Morgan fingerprint density at radius 3 is 3.17 bits per heavy atom. The van der Waals surface area contributed by atoms with Gasteiger partial charge in [-0.2, -0.15) is 0 Å². The summed E-state index contributed by atoms with van der Waals surface area (Å²) in [5.41, 5.74) is -1.09. The van der Waals surface area contributed by atoms with Gasteiger partial charge in [0.2, 0.25) is 5.91 Å². The lowest BCUT2D eigenvalue weighted by atomic mass is 9.92. The topological polar surface area (TPSA) is 61.9 Å². The number of epoxide rings is 1. The number of rotatable bonds is 1. The molecule has 1 aliphatic heterocycles. The normalized spacial score (nSPS) is 44.8. The highest BCUT2D eigenvalue weighted by Gasteiger charge is 2.56. The molecule has 0 aromatic heterocycles. The quantitative estimate of drug-likeness (QED) is 0.423. The number of ether oxygens (including phenoxy) is 1. The molecule has 3 atom stereocenters. The lowest BCUT2D eigenvalue weighted by Crippen LogP contribution is -2.54. The molecule has 0 aromatic carbocycles. The van der Waals surface area contributed by atoms with Crippen LogP contribution in [0.4, 0.5) is 0 Å². The molecule has 0 bridgehead atoms. The van der Waals surface area contributed by atoms with Crippen LogP contribution in [0.15, 0.2) is 0 Å². The Balaban J connectivity index is 2.03. The molecule has 1 amide bonds. The minimum absolute atomic E-state index is 0.157. The van der Waals surface area contributed by atoms with E-state index in [1.807, 2.05) is 0 Å². The Morgan fingerprint density at radius 1 is 1.75 bits per heavy atom. The predicted molar refractivity (Wildman–Crippen MR) is 41.3 cm³/mol. The Morgan fingerprint density at radius 2 is 2.50 bits per heavy atom. The van der Waals surface area contributed by atoms with E-state index in [1.165, 1.54) is 6.92 Å². The smallest absolute Gasteiger partial charge is 0.219 e. The summed E-state index contributed by atoms with van der Waals surface area (Å²) in [5, 5.41) is 12.4. The van der Waals surface area contributed by atoms with E-state index in [-0.39, 0.29) is 18.1 Å². The molecule has 12 heavy (non-hydrogen) atoms. The van der Waals surface area contributed by atoms with Crippen LogP contribution in [0.5, 0.6) is 0 Å². The van der Waals surface area contributed by atoms with Crippen LogP contribution in [0.1, 0.15) is 26.2 Å². The summed E-state index contributed by atoms with van der Waals surface area (Å²) in [6.07, 6.45) is 2.55. The maximum absolute atomic E-state index is 10.8. The predicted octanol–water partition coefficient (Wildman–Crippen LogP) is -0.238. The van der Waals surface area contributed by atoms with Crippen LogP contribution in [0.3, 0.4) is 0 Å². The number of amides is 1. The second-order valence-electron chi connectivity index (χ2n) is 3.59. The summed E-state index contributed by atoms with van der Waals surface area (Å²) < 4.78 is 5.23. The average Bonchev–Trinajstić information content (AvgIpc) is 2.64. The van der Waals surface area contributed by atoms with Crippen molar-refractivity contribution in [2.24, 2.45) is 0 Å². The first kappa shape index (κ1) is 8.01. The zero-order valence-corrected chi connectivity index (χ0v) is 7.04. The number of carbonyl (C=O) groups excluding carboxylic acids is 1. The molecule has 2 unspecified atom stereocenters. The van der Waals surface area contributed by atoms with Crippen LogP contribution in [-0.4, -0.2) is 28.9 Å². The van der Waals surface area contributed by atoms with Gasteiger partial charge in [-0.05, 0) is 19.3 Å². The maximum Gasteiger partial charge on any atom is 0.219 e. The van der Waals surface area contributed by atoms with E-state index in [2.05, 4.69) is 5.32 Å². The van der Waals surface area contributed by atoms with Crippen molar-refractivity contribution < 1.29 is 14.6 Å². The largest absolute Gasteiger partial charge is 0.368 e. The zero-order valence-electron chi connectivity index (χ0n) is 7.04. The molecule has 1 saturated heterocycles. The summed E-state index contributed by atoms with van der Waals surface area (Å²) in [6.45, 7) is 1.41. The Hall–Kier alpha value is -0.610. The number of fused-ring (bicyclic) bond motifs is 1. The molecule has 2 fully saturated rings. The number of aliphatic hydroxyl groups is 1. The monoisotopic (exact) mass is 171 g/mol. The number of hydrogen-bond donors (Lipinski definition) is 2. The second-order valence-corrected chi connectivity index (χ2v) is 3.59. The van der Waals surface area contributed by atoms with Crippen LogP contribution in [0, 0.1) is 0 Å². The molecule has 68 valence electrons. The molecule has 2 N–H and O–H groups in total.